The lowest BCUT2D eigenvalue weighted by Gasteiger charge is -2.14. The number of amides is 1. The molecule has 0 aliphatic rings. The topological polar surface area (TPSA) is 69.7 Å². The number of thiazole rings is 1. The van der Waals surface area contributed by atoms with E-state index in [-0.39, 0.29) is 5.91 Å². The second-order valence-corrected chi connectivity index (χ2v) is 7.21. The summed E-state index contributed by atoms with van der Waals surface area (Å²) in [6.45, 7) is 4.21. The van der Waals surface area contributed by atoms with Crippen molar-refractivity contribution in [1.82, 2.24) is 4.98 Å². The number of aromatic nitrogens is 1. The van der Waals surface area contributed by atoms with Crippen molar-refractivity contribution < 1.29 is 19.0 Å². The van der Waals surface area contributed by atoms with Crippen molar-refractivity contribution in [3.8, 4) is 17.2 Å². The molecule has 0 saturated carbocycles. The number of methoxy groups -OCH3 is 2. The van der Waals surface area contributed by atoms with E-state index < -0.39 is 0 Å². The minimum atomic E-state index is -0.231. The molecule has 0 aliphatic carbocycles. The smallest absolute Gasteiger partial charge is 0.255 e. The Kier molecular flexibility index (Phi) is 6.16. The van der Waals surface area contributed by atoms with Gasteiger partial charge in [0.2, 0.25) is 0 Å². The number of anilines is 1. The maximum absolute atomic E-state index is 12.7. The van der Waals surface area contributed by atoms with Gasteiger partial charge in [0, 0.05) is 22.7 Å². The average molecular weight is 398 g/mol. The van der Waals surface area contributed by atoms with Gasteiger partial charge >= 0.3 is 0 Å². The Morgan fingerprint density at radius 3 is 2.54 bits per heavy atom. The first-order valence-electron chi connectivity index (χ1n) is 8.68. The minimum Gasteiger partial charge on any atom is -0.493 e. The molecular weight excluding hydrogens is 376 g/mol. The first-order valence-corrected chi connectivity index (χ1v) is 9.56. The molecular formula is C21H22N2O4S. The molecule has 28 heavy (non-hydrogen) atoms. The van der Waals surface area contributed by atoms with Crippen molar-refractivity contribution in [3.63, 3.8) is 0 Å². The fourth-order valence-electron chi connectivity index (χ4n) is 2.67. The summed E-state index contributed by atoms with van der Waals surface area (Å²) in [6.07, 6.45) is 0. The van der Waals surface area contributed by atoms with Crippen molar-refractivity contribution in [2.75, 3.05) is 19.5 Å². The van der Waals surface area contributed by atoms with E-state index >= 15 is 0 Å². The zero-order valence-electron chi connectivity index (χ0n) is 16.2. The van der Waals surface area contributed by atoms with Crippen LogP contribution in [0.25, 0.3) is 0 Å². The highest BCUT2D eigenvalue weighted by atomic mass is 32.1. The Bertz CT molecular complexity index is 984. The Labute approximate surface area is 168 Å². The van der Waals surface area contributed by atoms with Gasteiger partial charge in [0.05, 0.1) is 24.9 Å². The molecule has 6 nitrogen and oxygen atoms in total. The van der Waals surface area contributed by atoms with Crippen molar-refractivity contribution in [2.24, 2.45) is 0 Å². The van der Waals surface area contributed by atoms with Crippen molar-refractivity contribution in [1.29, 1.82) is 0 Å². The summed E-state index contributed by atoms with van der Waals surface area (Å²) in [6, 6.07) is 10.6. The summed E-state index contributed by atoms with van der Waals surface area (Å²) < 4.78 is 16.4. The normalized spacial score (nSPS) is 10.4. The van der Waals surface area contributed by atoms with Gasteiger partial charge in [-0.1, -0.05) is 6.07 Å². The summed E-state index contributed by atoms with van der Waals surface area (Å²) in [5.74, 6) is 1.55. The third-order valence-electron chi connectivity index (χ3n) is 4.13. The first kappa shape index (κ1) is 19.7. The molecule has 0 fully saturated rings. The van der Waals surface area contributed by atoms with E-state index in [4.69, 9.17) is 14.2 Å². The summed E-state index contributed by atoms with van der Waals surface area (Å²) in [5, 5.41) is 5.88. The van der Waals surface area contributed by atoms with Crippen LogP contribution in [-0.4, -0.2) is 25.1 Å². The van der Waals surface area contributed by atoms with Gasteiger partial charge in [-0.25, -0.2) is 4.98 Å². The molecule has 0 unspecified atom stereocenters. The lowest BCUT2D eigenvalue weighted by atomic mass is 10.1. The zero-order valence-corrected chi connectivity index (χ0v) is 17.1. The third kappa shape index (κ3) is 4.61. The van der Waals surface area contributed by atoms with E-state index in [0.717, 1.165) is 16.3 Å². The number of nitrogens with zero attached hydrogens (tertiary/aromatic N) is 1. The van der Waals surface area contributed by atoms with Crippen molar-refractivity contribution in [2.45, 2.75) is 20.5 Å². The fraction of sp³-hybridized carbons (Fsp3) is 0.238. The van der Waals surface area contributed by atoms with Crippen LogP contribution in [0.1, 0.15) is 26.6 Å². The number of carbonyl (C=O) groups is 1. The molecule has 0 radical (unpaired) electrons. The van der Waals surface area contributed by atoms with Crippen LogP contribution < -0.4 is 19.5 Å². The Balaban J connectivity index is 1.72. The van der Waals surface area contributed by atoms with Gasteiger partial charge in [0.15, 0.2) is 11.5 Å². The van der Waals surface area contributed by atoms with E-state index in [1.165, 1.54) is 0 Å². The van der Waals surface area contributed by atoms with Crippen LogP contribution >= 0.6 is 11.3 Å². The molecule has 0 atom stereocenters. The number of nitrogens with one attached hydrogen (secondary N) is 1. The molecule has 0 bridgehead atoms. The Hall–Kier alpha value is -3.06. The van der Waals surface area contributed by atoms with Crippen molar-refractivity contribution >= 4 is 22.9 Å². The largest absolute Gasteiger partial charge is 0.493 e. The maximum Gasteiger partial charge on any atom is 0.255 e. The van der Waals surface area contributed by atoms with Gasteiger partial charge in [-0.15, -0.1) is 11.3 Å². The number of hydrogen-bond acceptors (Lipinski definition) is 6. The molecule has 3 rings (SSSR count). The standard InChI is InChI=1S/C21H22N2O4S/c1-13-8-19(25-3)20(26-4)10-18(13)23-21(24)15-6-5-7-17(9-15)27-11-16-12-28-14(2)22-16/h5-10,12H,11H2,1-4H3,(H,23,24). The maximum atomic E-state index is 12.7. The molecule has 0 spiro atoms. The molecule has 2 aromatic carbocycles. The number of carbonyl (C=O) groups excluding carboxylic acids is 1. The molecule has 0 saturated heterocycles. The lowest BCUT2D eigenvalue weighted by Crippen LogP contribution is -2.13. The van der Waals surface area contributed by atoms with Crippen LogP contribution in [0.4, 0.5) is 5.69 Å². The van der Waals surface area contributed by atoms with Gasteiger partial charge in [0.25, 0.3) is 5.91 Å². The van der Waals surface area contributed by atoms with E-state index in [1.807, 2.05) is 31.4 Å². The minimum absolute atomic E-state index is 0.231. The molecule has 1 N–H and O–H groups in total. The van der Waals surface area contributed by atoms with Crippen LogP contribution in [0.2, 0.25) is 0 Å². The van der Waals surface area contributed by atoms with E-state index in [0.29, 0.717) is 35.1 Å². The Morgan fingerprint density at radius 2 is 1.86 bits per heavy atom. The monoisotopic (exact) mass is 398 g/mol. The number of ether oxygens (including phenoxy) is 3. The van der Waals surface area contributed by atoms with Gasteiger partial charge in [-0.3, -0.25) is 4.79 Å². The quantitative estimate of drug-likeness (QED) is 0.629. The zero-order chi connectivity index (χ0) is 20.1. The summed E-state index contributed by atoms with van der Waals surface area (Å²) in [4.78, 5) is 17.1. The third-order valence-corrected chi connectivity index (χ3v) is 4.95. The molecule has 3 aromatic rings. The first-order chi connectivity index (χ1) is 13.5. The van der Waals surface area contributed by atoms with E-state index in [1.54, 1.807) is 49.8 Å². The van der Waals surface area contributed by atoms with E-state index in [9.17, 15) is 4.79 Å². The molecule has 146 valence electrons. The summed E-state index contributed by atoms with van der Waals surface area (Å²) in [5.41, 5.74) is 2.91. The van der Waals surface area contributed by atoms with Crippen LogP contribution in [0.3, 0.4) is 0 Å². The van der Waals surface area contributed by atoms with Crippen molar-refractivity contribution in [3.05, 3.63) is 63.6 Å². The average Bonchev–Trinajstić information content (AvgIpc) is 3.13. The molecule has 0 aliphatic heterocycles. The van der Waals surface area contributed by atoms with Crippen LogP contribution in [0.15, 0.2) is 41.8 Å². The summed E-state index contributed by atoms with van der Waals surface area (Å²) >= 11 is 1.58. The van der Waals surface area contributed by atoms with Gasteiger partial charge < -0.3 is 19.5 Å². The highest BCUT2D eigenvalue weighted by molar-refractivity contribution is 7.09. The lowest BCUT2D eigenvalue weighted by molar-refractivity contribution is 0.102. The van der Waals surface area contributed by atoms with Crippen LogP contribution in [-0.2, 0) is 6.61 Å². The SMILES string of the molecule is COc1cc(C)c(NC(=O)c2cccc(OCc3csc(C)n3)c2)cc1OC. The predicted molar refractivity (Wildman–Crippen MR) is 110 cm³/mol. The highest BCUT2D eigenvalue weighted by Crippen LogP contribution is 2.33. The molecule has 7 heteroatoms. The number of aryl methyl sites for hydroxylation is 2. The number of hydrogen-bond donors (Lipinski definition) is 1. The Morgan fingerprint density at radius 1 is 1.11 bits per heavy atom. The van der Waals surface area contributed by atoms with Gasteiger partial charge in [-0.2, -0.15) is 0 Å². The van der Waals surface area contributed by atoms with Crippen LogP contribution in [0.5, 0.6) is 17.2 Å². The molecule has 1 amide bonds. The number of benzene rings is 2. The van der Waals surface area contributed by atoms with Gasteiger partial charge in [-0.05, 0) is 43.7 Å². The van der Waals surface area contributed by atoms with Gasteiger partial charge in [0.1, 0.15) is 12.4 Å². The highest BCUT2D eigenvalue weighted by Gasteiger charge is 2.13. The number of rotatable bonds is 7. The summed E-state index contributed by atoms with van der Waals surface area (Å²) in [7, 11) is 3.14. The molecule has 1 heterocycles. The van der Waals surface area contributed by atoms with E-state index in [2.05, 4.69) is 10.3 Å². The van der Waals surface area contributed by atoms with Crippen LogP contribution in [0, 0.1) is 13.8 Å². The second-order valence-electron chi connectivity index (χ2n) is 6.15. The second kappa shape index (κ2) is 8.75. The molecule has 1 aromatic heterocycles. The predicted octanol–water partition coefficient (Wildman–Crippen LogP) is 4.61. The fourth-order valence-corrected chi connectivity index (χ4v) is 3.27.